The molecule has 0 aliphatic heterocycles. The van der Waals surface area contributed by atoms with E-state index in [0.717, 1.165) is 6.92 Å². The highest BCUT2D eigenvalue weighted by molar-refractivity contribution is 6.30. The van der Waals surface area contributed by atoms with E-state index in [4.69, 9.17) is 11.6 Å². The van der Waals surface area contributed by atoms with Gasteiger partial charge in [0.1, 0.15) is 0 Å². The predicted octanol–water partition coefficient (Wildman–Crippen LogP) is 4.21. The lowest BCUT2D eigenvalue weighted by atomic mass is 9.96. The molecule has 2 rings (SSSR count). The van der Waals surface area contributed by atoms with Gasteiger partial charge in [-0.15, -0.1) is 0 Å². The van der Waals surface area contributed by atoms with Crippen LogP contribution in [0, 0.1) is 24.4 Å². The van der Waals surface area contributed by atoms with Crippen molar-refractivity contribution >= 4 is 23.5 Å². The Kier molecular flexibility index (Phi) is 7.28. The summed E-state index contributed by atoms with van der Waals surface area (Å²) in [7, 11) is 0. The zero-order chi connectivity index (χ0) is 20.8. The van der Waals surface area contributed by atoms with Crippen LogP contribution in [-0.2, 0) is 14.5 Å². The summed E-state index contributed by atoms with van der Waals surface area (Å²) in [5, 5.41) is 3.00. The number of halogens is 4. The Balaban J connectivity index is 2.16. The molecule has 28 heavy (non-hydrogen) atoms. The molecule has 0 radical (unpaired) electrons. The van der Waals surface area contributed by atoms with Crippen molar-refractivity contribution in [3.05, 3.63) is 63.9 Å². The van der Waals surface area contributed by atoms with Crippen LogP contribution in [0.25, 0.3) is 0 Å². The molecule has 1 N–H and O–H groups in total. The zero-order valence-electron chi connectivity index (χ0n) is 15.0. The molecule has 0 saturated heterocycles. The predicted molar refractivity (Wildman–Crippen MR) is 95.3 cm³/mol. The van der Waals surface area contributed by atoms with Crippen LogP contribution in [0.5, 0.6) is 5.75 Å². The normalized spacial score (nSPS) is 11.6. The minimum atomic E-state index is -1.36. The number of nitrogens with one attached hydrogen (secondary N) is 1. The van der Waals surface area contributed by atoms with E-state index in [9.17, 15) is 22.8 Å². The molecular weight excluding hydrogens is 399 g/mol. The lowest BCUT2D eigenvalue weighted by molar-refractivity contribution is -0.217. The van der Waals surface area contributed by atoms with Crippen molar-refractivity contribution in [2.75, 3.05) is 6.54 Å². The number of hydrogen-bond acceptors (Lipinski definition) is 4. The second-order valence-corrected chi connectivity index (χ2v) is 6.41. The third-order valence-electron chi connectivity index (χ3n) is 3.92. The van der Waals surface area contributed by atoms with Gasteiger partial charge in [0.15, 0.2) is 17.5 Å². The Labute approximate surface area is 164 Å². The molecule has 150 valence electrons. The van der Waals surface area contributed by atoms with Gasteiger partial charge in [-0.05, 0) is 31.0 Å². The zero-order valence-corrected chi connectivity index (χ0v) is 15.8. The molecule has 0 aliphatic carbocycles. The van der Waals surface area contributed by atoms with Crippen molar-refractivity contribution in [3.8, 4) is 5.75 Å². The highest BCUT2D eigenvalue weighted by Gasteiger charge is 2.25. The SMILES string of the molecule is CC(=O)NCCC(C(=O)OOc1cc(F)c(F)c(C)c1F)c1ccc(Cl)cc1. The molecule has 2 aromatic carbocycles. The first-order valence-corrected chi connectivity index (χ1v) is 8.60. The van der Waals surface area contributed by atoms with Gasteiger partial charge in [-0.25, -0.2) is 22.9 Å². The molecule has 0 aromatic heterocycles. The van der Waals surface area contributed by atoms with Gasteiger partial charge < -0.3 is 5.32 Å². The highest BCUT2D eigenvalue weighted by atomic mass is 35.5. The van der Waals surface area contributed by atoms with E-state index in [1.54, 1.807) is 24.3 Å². The van der Waals surface area contributed by atoms with Crippen molar-refractivity contribution in [1.29, 1.82) is 0 Å². The highest BCUT2D eigenvalue weighted by Crippen LogP contribution is 2.27. The summed E-state index contributed by atoms with van der Waals surface area (Å²) < 4.78 is 40.7. The molecular formula is C19H17ClF3NO4. The largest absolute Gasteiger partial charge is 0.362 e. The lowest BCUT2D eigenvalue weighted by Crippen LogP contribution is -2.26. The van der Waals surface area contributed by atoms with Gasteiger partial charge in [0, 0.05) is 30.1 Å². The van der Waals surface area contributed by atoms with Gasteiger partial charge >= 0.3 is 5.97 Å². The van der Waals surface area contributed by atoms with Crippen LogP contribution in [0.3, 0.4) is 0 Å². The van der Waals surface area contributed by atoms with E-state index in [2.05, 4.69) is 15.1 Å². The average molecular weight is 416 g/mol. The van der Waals surface area contributed by atoms with Crippen molar-refractivity contribution < 1.29 is 32.5 Å². The average Bonchev–Trinajstić information content (AvgIpc) is 2.66. The number of rotatable bonds is 7. The lowest BCUT2D eigenvalue weighted by Gasteiger charge is -2.16. The molecule has 0 saturated carbocycles. The summed E-state index contributed by atoms with van der Waals surface area (Å²) in [5.41, 5.74) is -0.0868. The maximum absolute atomic E-state index is 14.0. The third kappa shape index (κ3) is 5.39. The first-order chi connectivity index (χ1) is 13.2. The van der Waals surface area contributed by atoms with Crippen LogP contribution in [0.15, 0.2) is 30.3 Å². The summed E-state index contributed by atoms with van der Waals surface area (Å²) >= 11 is 5.84. The molecule has 0 spiro atoms. The maximum Gasteiger partial charge on any atom is 0.362 e. The molecule has 0 fully saturated rings. The number of carbonyl (C=O) groups excluding carboxylic acids is 2. The van der Waals surface area contributed by atoms with Crippen molar-refractivity contribution in [2.45, 2.75) is 26.2 Å². The van der Waals surface area contributed by atoms with E-state index < -0.39 is 40.7 Å². The number of hydrogen-bond donors (Lipinski definition) is 1. The Morgan fingerprint density at radius 2 is 1.79 bits per heavy atom. The summed E-state index contributed by atoms with van der Waals surface area (Å²) in [5.74, 6) is -6.71. The van der Waals surface area contributed by atoms with Gasteiger partial charge in [-0.3, -0.25) is 9.68 Å². The Morgan fingerprint density at radius 3 is 2.39 bits per heavy atom. The van der Waals surface area contributed by atoms with Crippen molar-refractivity contribution in [3.63, 3.8) is 0 Å². The first kappa shape index (κ1) is 21.6. The van der Waals surface area contributed by atoms with Crippen LogP contribution < -0.4 is 10.2 Å². The van der Waals surface area contributed by atoms with Crippen LogP contribution in [0.2, 0.25) is 5.02 Å². The molecule has 9 heteroatoms. The maximum atomic E-state index is 14.0. The fourth-order valence-electron chi connectivity index (χ4n) is 2.41. The quantitative estimate of drug-likeness (QED) is 0.418. The van der Waals surface area contributed by atoms with E-state index in [-0.39, 0.29) is 18.9 Å². The summed E-state index contributed by atoms with van der Waals surface area (Å²) in [6.45, 7) is 2.51. The Bertz CT molecular complexity index is 874. The fraction of sp³-hybridized carbons (Fsp3) is 0.263. The summed E-state index contributed by atoms with van der Waals surface area (Å²) in [6.07, 6.45) is 0.155. The molecule has 1 amide bonds. The molecule has 1 atom stereocenters. The van der Waals surface area contributed by atoms with E-state index >= 15 is 0 Å². The number of carbonyl (C=O) groups is 2. The van der Waals surface area contributed by atoms with Crippen LogP contribution in [0.4, 0.5) is 13.2 Å². The minimum absolute atomic E-state index is 0.155. The Hall–Kier alpha value is -2.74. The van der Waals surface area contributed by atoms with Gasteiger partial charge in [-0.2, -0.15) is 0 Å². The standard InChI is InChI=1S/C19H17ClF3NO4/c1-10-17(22)15(21)9-16(18(10)23)27-28-19(26)14(7-8-24-11(2)25)12-3-5-13(20)6-4-12/h3-6,9,14H,7-8H2,1-2H3,(H,24,25). The monoisotopic (exact) mass is 415 g/mol. The van der Waals surface area contributed by atoms with Crippen molar-refractivity contribution in [2.24, 2.45) is 0 Å². The number of benzene rings is 2. The van der Waals surface area contributed by atoms with E-state index in [1.807, 2.05) is 0 Å². The molecule has 2 aromatic rings. The molecule has 0 bridgehead atoms. The smallest absolute Gasteiger partial charge is 0.356 e. The van der Waals surface area contributed by atoms with Gasteiger partial charge in [0.2, 0.25) is 11.7 Å². The summed E-state index contributed by atoms with van der Waals surface area (Å²) in [4.78, 5) is 32.8. The minimum Gasteiger partial charge on any atom is -0.356 e. The molecule has 0 aliphatic rings. The summed E-state index contributed by atoms with van der Waals surface area (Å²) in [6, 6.07) is 6.75. The second-order valence-electron chi connectivity index (χ2n) is 5.97. The second kappa shape index (κ2) is 9.45. The third-order valence-corrected chi connectivity index (χ3v) is 4.17. The van der Waals surface area contributed by atoms with Gasteiger partial charge in [-0.1, -0.05) is 23.7 Å². The van der Waals surface area contributed by atoms with Gasteiger partial charge in [0.25, 0.3) is 0 Å². The topological polar surface area (TPSA) is 64.6 Å². The van der Waals surface area contributed by atoms with E-state index in [1.165, 1.54) is 6.92 Å². The molecule has 5 nitrogen and oxygen atoms in total. The van der Waals surface area contributed by atoms with Crippen LogP contribution >= 0.6 is 11.6 Å². The molecule has 0 heterocycles. The fourth-order valence-corrected chi connectivity index (χ4v) is 2.54. The van der Waals surface area contributed by atoms with Gasteiger partial charge in [0.05, 0.1) is 5.92 Å². The van der Waals surface area contributed by atoms with Crippen LogP contribution in [-0.4, -0.2) is 18.4 Å². The van der Waals surface area contributed by atoms with Crippen LogP contribution in [0.1, 0.15) is 30.4 Å². The Morgan fingerprint density at radius 1 is 1.14 bits per heavy atom. The molecule has 1 unspecified atom stereocenters. The first-order valence-electron chi connectivity index (χ1n) is 8.23. The number of amides is 1. The van der Waals surface area contributed by atoms with E-state index in [0.29, 0.717) is 16.7 Å². The van der Waals surface area contributed by atoms with Crippen molar-refractivity contribution in [1.82, 2.24) is 5.32 Å².